The van der Waals surface area contributed by atoms with E-state index in [2.05, 4.69) is 23.8 Å². The van der Waals surface area contributed by atoms with Crippen LogP contribution in [-0.2, 0) is 0 Å². The van der Waals surface area contributed by atoms with Crippen molar-refractivity contribution in [1.82, 2.24) is 19.5 Å². The third-order valence-corrected chi connectivity index (χ3v) is 5.90. The van der Waals surface area contributed by atoms with Crippen molar-refractivity contribution < 1.29 is 0 Å². The number of aromatic amines is 1. The predicted molar refractivity (Wildman–Crippen MR) is 129 cm³/mol. The fourth-order valence-electron chi connectivity index (χ4n) is 3.99. The lowest BCUT2D eigenvalue weighted by molar-refractivity contribution is 0.763. The highest BCUT2D eigenvalue weighted by molar-refractivity contribution is 6.33. The quantitative estimate of drug-likeness (QED) is 0.456. The second-order valence-corrected chi connectivity index (χ2v) is 8.95. The van der Waals surface area contributed by atoms with Crippen LogP contribution in [0, 0.1) is 6.92 Å². The molecule has 164 valence electrons. The number of halogens is 1. The molecule has 0 aliphatic carbocycles. The lowest BCUT2D eigenvalue weighted by atomic mass is 9.97. The zero-order valence-corrected chi connectivity index (χ0v) is 19.5. The summed E-state index contributed by atoms with van der Waals surface area (Å²) in [5, 5.41) is 0.599. The Morgan fingerprint density at radius 3 is 2.41 bits per heavy atom. The van der Waals surface area contributed by atoms with Crippen molar-refractivity contribution in [2.75, 3.05) is 0 Å². The number of aryl methyl sites for hydroxylation is 1. The van der Waals surface area contributed by atoms with Crippen molar-refractivity contribution in [1.29, 1.82) is 0 Å². The Morgan fingerprint density at radius 1 is 1.03 bits per heavy atom. The highest BCUT2D eigenvalue weighted by Crippen LogP contribution is 2.33. The number of nitrogens with one attached hydrogen (secondary N) is 1. The van der Waals surface area contributed by atoms with Gasteiger partial charge >= 0.3 is 5.69 Å². The van der Waals surface area contributed by atoms with E-state index in [1.54, 1.807) is 12.3 Å². The van der Waals surface area contributed by atoms with E-state index in [4.69, 9.17) is 16.6 Å². The average Bonchev–Trinajstić information content (AvgIpc) is 2.74. The molecule has 0 radical (unpaired) electrons. The van der Waals surface area contributed by atoms with Crippen LogP contribution < -0.4 is 11.2 Å². The summed E-state index contributed by atoms with van der Waals surface area (Å²) >= 11 is 6.57. The van der Waals surface area contributed by atoms with Crippen LogP contribution in [0.25, 0.3) is 28.0 Å². The lowest BCUT2D eigenvalue weighted by Crippen LogP contribution is -2.31. The van der Waals surface area contributed by atoms with Gasteiger partial charge in [0.05, 0.1) is 27.5 Å². The van der Waals surface area contributed by atoms with Gasteiger partial charge in [0.15, 0.2) is 5.65 Å². The number of rotatable bonds is 4. The number of H-pyrrole nitrogens is 1. The number of hydrogen-bond acceptors (Lipinski definition) is 4. The zero-order chi connectivity index (χ0) is 23.2. The highest BCUT2D eigenvalue weighted by atomic mass is 35.5. The third-order valence-electron chi connectivity index (χ3n) is 5.61. The standard InChI is InChI=1S/C25H25ClN4O2/c1-13(2)16-10-11-27-20(14(3)4)22(16)30-23-18(24(31)29-25(30)32)12-19(26)21(28-23)17-9-7-6-8-15(17)5/h6-14H,1-5H3,(H,29,31,32). The van der Waals surface area contributed by atoms with Crippen LogP contribution in [0.5, 0.6) is 0 Å². The monoisotopic (exact) mass is 448 g/mol. The zero-order valence-electron chi connectivity index (χ0n) is 18.7. The maximum Gasteiger partial charge on any atom is 0.334 e. The summed E-state index contributed by atoms with van der Waals surface area (Å²) in [6.07, 6.45) is 1.76. The van der Waals surface area contributed by atoms with E-state index in [0.29, 0.717) is 16.4 Å². The second kappa shape index (κ2) is 8.36. The SMILES string of the molecule is Cc1ccccc1-c1nc2c(cc1Cl)c(=O)[nH]c(=O)n2-c1c(C(C)C)ccnc1C(C)C. The molecule has 0 amide bonds. The molecule has 1 N–H and O–H groups in total. The molecule has 0 aliphatic heterocycles. The van der Waals surface area contributed by atoms with E-state index >= 15 is 0 Å². The van der Waals surface area contributed by atoms with Gasteiger partial charge in [-0.2, -0.15) is 0 Å². The summed E-state index contributed by atoms with van der Waals surface area (Å²) in [6.45, 7) is 10.1. The van der Waals surface area contributed by atoms with Gasteiger partial charge in [0.1, 0.15) is 0 Å². The molecule has 4 aromatic rings. The summed E-state index contributed by atoms with van der Waals surface area (Å²) in [7, 11) is 0. The maximum absolute atomic E-state index is 13.2. The molecule has 0 aliphatic rings. The number of nitrogens with zero attached hydrogens (tertiary/aromatic N) is 3. The van der Waals surface area contributed by atoms with Crippen LogP contribution in [0.2, 0.25) is 5.02 Å². The first-order valence-electron chi connectivity index (χ1n) is 10.6. The molecule has 7 heteroatoms. The summed E-state index contributed by atoms with van der Waals surface area (Å²) < 4.78 is 1.48. The molecular formula is C25H25ClN4O2. The number of fused-ring (bicyclic) bond motifs is 1. The van der Waals surface area contributed by atoms with Crippen molar-refractivity contribution in [2.45, 2.75) is 46.5 Å². The van der Waals surface area contributed by atoms with E-state index in [1.165, 1.54) is 4.57 Å². The Morgan fingerprint density at radius 2 is 1.75 bits per heavy atom. The summed E-state index contributed by atoms with van der Waals surface area (Å²) in [5.41, 5.74) is 3.93. The van der Waals surface area contributed by atoms with Crippen LogP contribution in [0.3, 0.4) is 0 Å². The minimum Gasteiger partial charge on any atom is -0.273 e. The summed E-state index contributed by atoms with van der Waals surface area (Å²) in [4.78, 5) is 37.7. The smallest absolute Gasteiger partial charge is 0.273 e. The van der Waals surface area contributed by atoms with Gasteiger partial charge in [0.2, 0.25) is 0 Å². The Labute approximate surface area is 190 Å². The normalized spacial score (nSPS) is 11.6. The maximum atomic E-state index is 13.2. The minimum atomic E-state index is -0.551. The van der Waals surface area contributed by atoms with Gasteiger partial charge < -0.3 is 0 Å². The van der Waals surface area contributed by atoms with Gasteiger partial charge in [-0.1, -0.05) is 63.6 Å². The Hall–Kier alpha value is -3.25. The first-order chi connectivity index (χ1) is 15.2. The van der Waals surface area contributed by atoms with Gasteiger partial charge in [-0.25, -0.2) is 14.3 Å². The molecule has 3 heterocycles. The van der Waals surface area contributed by atoms with Gasteiger partial charge in [-0.15, -0.1) is 0 Å². The van der Waals surface area contributed by atoms with E-state index in [0.717, 1.165) is 22.4 Å². The number of aromatic nitrogens is 4. The van der Waals surface area contributed by atoms with Crippen LogP contribution in [0.15, 0.2) is 52.2 Å². The van der Waals surface area contributed by atoms with Crippen LogP contribution in [0.1, 0.15) is 56.4 Å². The number of hydrogen-bond donors (Lipinski definition) is 1. The first-order valence-corrected chi connectivity index (χ1v) is 11.0. The molecule has 6 nitrogen and oxygen atoms in total. The predicted octanol–water partition coefficient (Wildman–Crippen LogP) is 5.34. The molecule has 0 unspecified atom stereocenters. The Bertz CT molecular complexity index is 1420. The van der Waals surface area contributed by atoms with E-state index < -0.39 is 11.2 Å². The van der Waals surface area contributed by atoms with Crippen molar-refractivity contribution in [2.24, 2.45) is 0 Å². The van der Waals surface area contributed by atoms with Crippen molar-refractivity contribution in [3.63, 3.8) is 0 Å². The Balaban J connectivity index is 2.20. The lowest BCUT2D eigenvalue weighted by Gasteiger charge is -2.21. The largest absolute Gasteiger partial charge is 0.334 e. The molecule has 0 spiro atoms. The fourth-order valence-corrected chi connectivity index (χ4v) is 4.24. The molecule has 32 heavy (non-hydrogen) atoms. The topological polar surface area (TPSA) is 80.6 Å². The van der Waals surface area contributed by atoms with Crippen molar-refractivity contribution in [3.05, 3.63) is 85.3 Å². The van der Waals surface area contributed by atoms with E-state index in [-0.39, 0.29) is 22.9 Å². The molecule has 0 bridgehead atoms. The molecule has 4 rings (SSSR count). The molecular weight excluding hydrogens is 424 g/mol. The minimum absolute atomic E-state index is 0.0562. The van der Waals surface area contributed by atoms with Gasteiger partial charge in [0.25, 0.3) is 5.56 Å². The van der Waals surface area contributed by atoms with Gasteiger partial charge in [0, 0.05) is 11.8 Å². The van der Waals surface area contributed by atoms with Crippen molar-refractivity contribution in [3.8, 4) is 16.9 Å². The molecule has 0 saturated carbocycles. The Kier molecular flexibility index (Phi) is 5.73. The average molecular weight is 449 g/mol. The number of pyridine rings is 2. The highest BCUT2D eigenvalue weighted by Gasteiger charge is 2.22. The molecule has 3 aromatic heterocycles. The van der Waals surface area contributed by atoms with Gasteiger partial charge in [-0.05, 0) is 42.0 Å². The van der Waals surface area contributed by atoms with Gasteiger partial charge in [-0.3, -0.25) is 14.8 Å². The van der Waals surface area contributed by atoms with E-state index in [1.807, 2.05) is 51.1 Å². The summed E-state index contributed by atoms with van der Waals surface area (Å²) in [5.74, 6) is 0.184. The molecule has 0 atom stereocenters. The van der Waals surface area contributed by atoms with E-state index in [9.17, 15) is 9.59 Å². The van der Waals surface area contributed by atoms with Crippen LogP contribution in [-0.4, -0.2) is 19.5 Å². The fraction of sp³-hybridized carbons (Fsp3) is 0.280. The number of benzene rings is 1. The molecule has 0 fully saturated rings. The van der Waals surface area contributed by atoms with Crippen LogP contribution >= 0.6 is 11.6 Å². The summed E-state index contributed by atoms with van der Waals surface area (Å²) in [6, 6.07) is 11.2. The molecule has 1 aromatic carbocycles. The third kappa shape index (κ3) is 3.65. The second-order valence-electron chi connectivity index (χ2n) is 8.54. The van der Waals surface area contributed by atoms with Crippen LogP contribution in [0.4, 0.5) is 0 Å². The first kappa shape index (κ1) is 22.0. The van der Waals surface area contributed by atoms with Crippen molar-refractivity contribution >= 4 is 22.6 Å². The molecule has 0 saturated heterocycles.